The molecule has 1 heterocycles. The van der Waals surface area contributed by atoms with E-state index < -0.39 is 18.0 Å². The van der Waals surface area contributed by atoms with Crippen molar-refractivity contribution in [1.29, 1.82) is 0 Å². The molecule has 0 spiro atoms. The Morgan fingerprint density at radius 3 is 2.75 bits per heavy atom. The number of carbonyl (C=O) groups excluding carboxylic acids is 2. The van der Waals surface area contributed by atoms with Gasteiger partial charge in [0.1, 0.15) is 6.04 Å². The summed E-state index contributed by atoms with van der Waals surface area (Å²) in [6, 6.07) is -0.764. The number of hydrogen-bond acceptors (Lipinski definition) is 3. The molecule has 1 aliphatic rings. The van der Waals surface area contributed by atoms with Crippen LogP contribution in [0.25, 0.3) is 0 Å². The largest absolute Gasteiger partial charge is 0.465 e. The topological polar surface area (TPSA) is 113 Å². The van der Waals surface area contributed by atoms with Crippen LogP contribution < -0.4 is 11.1 Å². The lowest BCUT2D eigenvalue weighted by atomic mass is 10.1. The van der Waals surface area contributed by atoms with E-state index in [-0.39, 0.29) is 12.5 Å². The number of likely N-dealkylation sites (tertiary alicyclic amines) is 1. The minimum absolute atomic E-state index is 0.156. The number of hydrogen-bond donors (Lipinski definition) is 3. The summed E-state index contributed by atoms with van der Waals surface area (Å²) in [6.07, 6.45) is 0.711. The van der Waals surface area contributed by atoms with Gasteiger partial charge in [0.2, 0.25) is 11.8 Å². The molecular formula is C9H15N3O4. The summed E-state index contributed by atoms with van der Waals surface area (Å²) in [5.74, 6) is -0.969. The molecule has 0 radical (unpaired) electrons. The van der Waals surface area contributed by atoms with Crippen LogP contribution in [-0.2, 0) is 9.59 Å². The Balaban J connectivity index is 2.67. The first-order valence-electron chi connectivity index (χ1n) is 5.07. The van der Waals surface area contributed by atoms with Crippen LogP contribution in [0, 0.1) is 0 Å². The average Bonchev–Trinajstić information content (AvgIpc) is 2.31. The van der Waals surface area contributed by atoms with Crippen molar-refractivity contribution in [2.45, 2.75) is 25.3 Å². The normalized spacial score (nSPS) is 21.4. The molecular weight excluding hydrogens is 214 g/mol. The van der Waals surface area contributed by atoms with Gasteiger partial charge in [-0.1, -0.05) is 0 Å². The third-order valence-electron chi connectivity index (χ3n) is 2.43. The zero-order valence-corrected chi connectivity index (χ0v) is 8.81. The van der Waals surface area contributed by atoms with E-state index in [1.807, 2.05) is 0 Å². The van der Waals surface area contributed by atoms with E-state index in [0.717, 1.165) is 12.8 Å². The SMILES string of the molecule is NC(=O)CN1CCCC[C@H](NC(=O)O)C1=O. The lowest BCUT2D eigenvalue weighted by molar-refractivity contribution is -0.136. The number of carboxylic acid groups (broad SMARTS) is 1. The third-order valence-corrected chi connectivity index (χ3v) is 2.43. The maximum Gasteiger partial charge on any atom is 0.405 e. The molecule has 0 unspecified atom stereocenters. The van der Waals surface area contributed by atoms with Gasteiger partial charge in [0.05, 0.1) is 6.54 Å². The summed E-state index contributed by atoms with van der Waals surface area (Å²) >= 11 is 0. The number of nitrogens with zero attached hydrogens (tertiary/aromatic N) is 1. The van der Waals surface area contributed by atoms with Crippen LogP contribution in [0.4, 0.5) is 4.79 Å². The van der Waals surface area contributed by atoms with E-state index in [0.29, 0.717) is 13.0 Å². The van der Waals surface area contributed by atoms with Gasteiger partial charge in [0.25, 0.3) is 0 Å². The zero-order valence-electron chi connectivity index (χ0n) is 8.81. The van der Waals surface area contributed by atoms with E-state index in [1.54, 1.807) is 0 Å². The fraction of sp³-hybridized carbons (Fsp3) is 0.667. The Bertz CT molecular complexity index is 277. The number of nitrogens with one attached hydrogen (secondary N) is 1. The van der Waals surface area contributed by atoms with Crippen LogP contribution in [0.1, 0.15) is 19.3 Å². The molecule has 0 aliphatic carbocycles. The van der Waals surface area contributed by atoms with Crippen LogP contribution in [0.5, 0.6) is 0 Å². The van der Waals surface area contributed by atoms with Crippen molar-refractivity contribution in [3.8, 4) is 0 Å². The van der Waals surface area contributed by atoms with Gasteiger partial charge in [-0.05, 0) is 19.3 Å². The summed E-state index contributed by atoms with van der Waals surface area (Å²) < 4.78 is 0. The standard InChI is InChI=1S/C9H15N3O4/c10-7(13)5-12-4-2-1-3-6(8(12)14)11-9(15)16/h6,11H,1-5H2,(H2,10,13)(H,15,16)/t6-/m0/s1. The first-order valence-corrected chi connectivity index (χ1v) is 5.07. The summed E-state index contributed by atoms with van der Waals surface area (Å²) in [6.45, 7) is 0.288. The number of rotatable bonds is 3. The van der Waals surface area contributed by atoms with E-state index in [9.17, 15) is 14.4 Å². The molecule has 1 rings (SSSR count). The smallest absolute Gasteiger partial charge is 0.405 e. The van der Waals surface area contributed by atoms with Crippen LogP contribution in [0.15, 0.2) is 0 Å². The highest BCUT2D eigenvalue weighted by Crippen LogP contribution is 2.11. The Hall–Kier alpha value is -1.79. The molecule has 90 valence electrons. The second kappa shape index (κ2) is 5.34. The molecule has 7 nitrogen and oxygen atoms in total. The number of nitrogens with two attached hydrogens (primary N) is 1. The van der Waals surface area contributed by atoms with Crippen molar-refractivity contribution in [3.63, 3.8) is 0 Å². The molecule has 1 saturated heterocycles. The monoisotopic (exact) mass is 229 g/mol. The van der Waals surface area contributed by atoms with Crippen LogP contribution >= 0.6 is 0 Å². The van der Waals surface area contributed by atoms with Gasteiger partial charge in [-0.15, -0.1) is 0 Å². The first kappa shape index (κ1) is 12.3. The Kier molecular flexibility index (Phi) is 4.10. The lowest BCUT2D eigenvalue weighted by Crippen LogP contribution is -2.49. The molecule has 0 aromatic heterocycles. The molecule has 1 aliphatic heterocycles. The quantitative estimate of drug-likeness (QED) is 0.583. The van der Waals surface area contributed by atoms with Gasteiger partial charge in [0.15, 0.2) is 0 Å². The maximum atomic E-state index is 11.8. The Morgan fingerprint density at radius 1 is 1.50 bits per heavy atom. The van der Waals surface area contributed by atoms with Crippen molar-refractivity contribution in [2.75, 3.05) is 13.1 Å². The summed E-state index contributed by atoms with van der Waals surface area (Å²) in [7, 11) is 0. The molecule has 1 fully saturated rings. The van der Waals surface area contributed by atoms with Gasteiger partial charge >= 0.3 is 6.09 Å². The predicted molar refractivity (Wildman–Crippen MR) is 54.6 cm³/mol. The van der Waals surface area contributed by atoms with Crippen molar-refractivity contribution in [2.24, 2.45) is 5.73 Å². The lowest BCUT2D eigenvalue weighted by Gasteiger charge is -2.22. The van der Waals surface area contributed by atoms with E-state index in [1.165, 1.54) is 4.90 Å². The minimum Gasteiger partial charge on any atom is -0.465 e. The van der Waals surface area contributed by atoms with Gasteiger partial charge in [-0.2, -0.15) is 0 Å². The Morgan fingerprint density at radius 2 is 2.19 bits per heavy atom. The highest BCUT2D eigenvalue weighted by molar-refractivity contribution is 5.89. The molecule has 0 aromatic rings. The molecule has 4 N–H and O–H groups in total. The highest BCUT2D eigenvalue weighted by Gasteiger charge is 2.28. The second-order valence-corrected chi connectivity index (χ2v) is 3.72. The van der Waals surface area contributed by atoms with Gasteiger partial charge in [-0.25, -0.2) is 4.79 Å². The molecule has 0 aromatic carbocycles. The van der Waals surface area contributed by atoms with E-state index in [4.69, 9.17) is 10.8 Å². The first-order chi connectivity index (χ1) is 7.50. The molecule has 0 saturated carbocycles. The fourth-order valence-corrected chi connectivity index (χ4v) is 1.73. The van der Waals surface area contributed by atoms with Crippen molar-refractivity contribution in [3.05, 3.63) is 0 Å². The molecule has 0 bridgehead atoms. The fourth-order valence-electron chi connectivity index (χ4n) is 1.73. The number of amides is 3. The molecule has 3 amide bonds. The zero-order chi connectivity index (χ0) is 12.1. The second-order valence-electron chi connectivity index (χ2n) is 3.72. The van der Waals surface area contributed by atoms with Gasteiger partial charge in [-0.3, -0.25) is 9.59 Å². The number of carbonyl (C=O) groups is 3. The summed E-state index contributed by atoms with van der Waals surface area (Å²) in [4.78, 5) is 34.3. The summed E-state index contributed by atoms with van der Waals surface area (Å²) in [5, 5.41) is 10.7. The van der Waals surface area contributed by atoms with Crippen LogP contribution in [0.2, 0.25) is 0 Å². The number of primary amides is 1. The van der Waals surface area contributed by atoms with Gasteiger partial charge in [0, 0.05) is 6.54 Å². The summed E-state index contributed by atoms with van der Waals surface area (Å²) in [5.41, 5.74) is 5.01. The molecule has 1 atom stereocenters. The maximum absolute atomic E-state index is 11.8. The highest BCUT2D eigenvalue weighted by atomic mass is 16.4. The van der Waals surface area contributed by atoms with Crippen molar-refractivity contribution < 1.29 is 19.5 Å². The molecule has 7 heteroatoms. The average molecular weight is 229 g/mol. The van der Waals surface area contributed by atoms with Crippen LogP contribution in [0.3, 0.4) is 0 Å². The van der Waals surface area contributed by atoms with Crippen LogP contribution in [-0.4, -0.2) is 47.0 Å². The predicted octanol–water partition coefficient (Wildman–Crippen LogP) is -0.880. The van der Waals surface area contributed by atoms with Crippen molar-refractivity contribution >= 4 is 17.9 Å². The molecule has 16 heavy (non-hydrogen) atoms. The third kappa shape index (κ3) is 3.41. The Labute approximate surface area is 92.6 Å². The van der Waals surface area contributed by atoms with E-state index >= 15 is 0 Å². The van der Waals surface area contributed by atoms with E-state index in [2.05, 4.69) is 5.32 Å². The minimum atomic E-state index is -1.24. The van der Waals surface area contributed by atoms with Crippen molar-refractivity contribution in [1.82, 2.24) is 10.2 Å². The van der Waals surface area contributed by atoms with Gasteiger partial charge < -0.3 is 21.1 Å².